The lowest BCUT2D eigenvalue weighted by Gasteiger charge is -2.29. The third-order valence-electron chi connectivity index (χ3n) is 3.51. The highest BCUT2D eigenvalue weighted by Gasteiger charge is 2.45. The van der Waals surface area contributed by atoms with Crippen molar-refractivity contribution in [3.8, 4) is 0 Å². The van der Waals surface area contributed by atoms with Gasteiger partial charge in [-0.3, -0.25) is 4.18 Å². The van der Waals surface area contributed by atoms with E-state index in [0.29, 0.717) is 15.6 Å². The molecular formula is C14H15Cl2N3O5S. The second-order valence-electron chi connectivity index (χ2n) is 5.51. The predicted molar refractivity (Wildman–Crippen MR) is 89.8 cm³/mol. The van der Waals surface area contributed by atoms with Gasteiger partial charge in [0.1, 0.15) is 25.3 Å². The summed E-state index contributed by atoms with van der Waals surface area (Å²) in [4.78, 5) is 3.90. The highest BCUT2D eigenvalue weighted by atomic mass is 35.5. The minimum atomic E-state index is -3.58. The van der Waals surface area contributed by atoms with Gasteiger partial charge in [-0.25, -0.2) is 9.67 Å². The summed E-state index contributed by atoms with van der Waals surface area (Å²) in [6, 6.07) is 4.94. The largest absolute Gasteiger partial charge is 0.342 e. The Hall–Kier alpha value is -1.23. The van der Waals surface area contributed by atoms with Crippen LogP contribution in [-0.4, -0.2) is 48.8 Å². The molecule has 25 heavy (non-hydrogen) atoms. The molecule has 0 radical (unpaired) electrons. The van der Waals surface area contributed by atoms with E-state index in [1.807, 2.05) is 0 Å². The molecule has 11 heteroatoms. The van der Waals surface area contributed by atoms with E-state index in [1.165, 1.54) is 17.3 Å². The molecule has 8 nitrogen and oxygen atoms in total. The molecule has 2 aromatic rings. The van der Waals surface area contributed by atoms with Crippen LogP contribution in [0, 0.1) is 0 Å². The zero-order valence-electron chi connectivity index (χ0n) is 13.1. The number of halogens is 2. The molecule has 1 saturated heterocycles. The lowest BCUT2D eigenvalue weighted by atomic mass is 10.1. The molecule has 3 rings (SSSR count). The van der Waals surface area contributed by atoms with Crippen molar-refractivity contribution in [2.24, 2.45) is 0 Å². The molecule has 0 spiro atoms. The monoisotopic (exact) mass is 407 g/mol. The summed E-state index contributed by atoms with van der Waals surface area (Å²) < 4.78 is 40.6. The molecule has 1 unspecified atom stereocenters. The van der Waals surface area contributed by atoms with Crippen molar-refractivity contribution in [2.75, 3.05) is 19.5 Å². The lowest BCUT2D eigenvalue weighted by molar-refractivity contribution is -0.190. The van der Waals surface area contributed by atoms with Crippen LogP contribution >= 0.6 is 23.2 Å². The van der Waals surface area contributed by atoms with Gasteiger partial charge in [-0.15, -0.1) is 0 Å². The van der Waals surface area contributed by atoms with Crippen LogP contribution in [0.2, 0.25) is 10.0 Å². The molecule has 0 aliphatic carbocycles. The van der Waals surface area contributed by atoms with Gasteiger partial charge in [0.05, 0.1) is 24.5 Å². The topological polar surface area (TPSA) is 92.5 Å². The zero-order valence-corrected chi connectivity index (χ0v) is 15.5. The van der Waals surface area contributed by atoms with Crippen LogP contribution in [0.15, 0.2) is 30.9 Å². The van der Waals surface area contributed by atoms with Gasteiger partial charge in [0, 0.05) is 10.6 Å². The summed E-state index contributed by atoms with van der Waals surface area (Å²) in [5, 5.41) is 4.89. The number of nitrogens with zero attached hydrogens (tertiary/aromatic N) is 3. The first-order valence-corrected chi connectivity index (χ1v) is 9.79. The Morgan fingerprint density at radius 1 is 1.44 bits per heavy atom. The number of benzene rings is 1. The van der Waals surface area contributed by atoms with Crippen molar-refractivity contribution in [3.05, 3.63) is 46.5 Å². The summed E-state index contributed by atoms with van der Waals surface area (Å²) in [5.74, 6) is -1.26. The van der Waals surface area contributed by atoms with Gasteiger partial charge in [0.2, 0.25) is 5.79 Å². The van der Waals surface area contributed by atoms with Crippen LogP contribution in [0.4, 0.5) is 0 Å². The van der Waals surface area contributed by atoms with Gasteiger partial charge in [-0.2, -0.15) is 13.5 Å². The smallest absolute Gasteiger partial charge is 0.264 e. The van der Waals surface area contributed by atoms with E-state index in [4.69, 9.17) is 36.9 Å². The molecule has 136 valence electrons. The third-order valence-corrected chi connectivity index (χ3v) is 4.62. The summed E-state index contributed by atoms with van der Waals surface area (Å²) in [6.07, 6.45) is 3.28. The molecule has 0 amide bonds. The normalized spacial score (nSPS) is 23.9. The second-order valence-corrected chi connectivity index (χ2v) is 8.00. The molecule has 0 bridgehead atoms. The van der Waals surface area contributed by atoms with Crippen LogP contribution < -0.4 is 0 Å². The average Bonchev–Trinajstić information content (AvgIpc) is 3.15. The molecular weight excluding hydrogens is 393 g/mol. The van der Waals surface area contributed by atoms with Crippen LogP contribution in [-0.2, 0) is 36.1 Å². The number of aromatic nitrogens is 3. The third kappa shape index (κ3) is 4.49. The number of ether oxygens (including phenoxy) is 2. The summed E-state index contributed by atoms with van der Waals surface area (Å²) in [6.45, 7) is 0.135. The van der Waals surface area contributed by atoms with Crippen molar-refractivity contribution in [1.82, 2.24) is 14.8 Å². The Morgan fingerprint density at radius 2 is 2.24 bits per heavy atom. The fourth-order valence-electron chi connectivity index (χ4n) is 2.48. The summed E-state index contributed by atoms with van der Waals surface area (Å²) in [7, 11) is -3.58. The van der Waals surface area contributed by atoms with Gasteiger partial charge in [-0.1, -0.05) is 29.3 Å². The Balaban J connectivity index is 1.88. The van der Waals surface area contributed by atoms with Gasteiger partial charge < -0.3 is 9.47 Å². The fourth-order valence-corrected chi connectivity index (χ4v) is 3.43. The highest BCUT2D eigenvalue weighted by molar-refractivity contribution is 7.85. The lowest BCUT2D eigenvalue weighted by Crippen LogP contribution is -2.35. The van der Waals surface area contributed by atoms with Crippen LogP contribution in [0.3, 0.4) is 0 Å². The minimum Gasteiger partial charge on any atom is -0.342 e. The van der Waals surface area contributed by atoms with Crippen molar-refractivity contribution >= 4 is 33.3 Å². The Kier molecular flexibility index (Phi) is 5.33. The summed E-state index contributed by atoms with van der Waals surface area (Å²) in [5.41, 5.74) is 0.552. The molecule has 0 N–H and O–H groups in total. The van der Waals surface area contributed by atoms with Gasteiger partial charge in [0.15, 0.2) is 0 Å². The van der Waals surface area contributed by atoms with E-state index < -0.39 is 22.0 Å². The molecule has 1 aromatic carbocycles. The van der Waals surface area contributed by atoms with Gasteiger partial charge in [-0.05, 0) is 12.1 Å². The minimum absolute atomic E-state index is 0.128. The van der Waals surface area contributed by atoms with Crippen molar-refractivity contribution < 1.29 is 22.1 Å². The Labute approximate surface area is 154 Å². The highest BCUT2D eigenvalue weighted by Crippen LogP contribution is 2.40. The quantitative estimate of drug-likeness (QED) is 0.674. The molecule has 1 fully saturated rings. The molecule has 0 saturated carbocycles. The molecule has 2 heterocycles. The zero-order chi connectivity index (χ0) is 18.1. The van der Waals surface area contributed by atoms with Crippen molar-refractivity contribution in [3.63, 3.8) is 0 Å². The maximum atomic E-state index is 11.2. The summed E-state index contributed by atoms with van der Waals surface area (Å²) >= 11 is 12.3. The Morgan fingerprint density at radius 3 is 2.88 bits per heavy atom. The van der Waals surface area contributed by atoms with Gasteiger partial charge in [0.25, 0.3) is 10.1 Å². The van der Waals surface area contributed by atoms with E-state index in [-0.39, 0.29) is 19.8 Å². The number of rotatable bonds is 6. The van der Waals surface area contributed by atoms with E-state index in [9.17, 15) is 8.42 Å². The first kappa shape index (κ1) is 18.6. The van der Waals surface area contributed by atoms with Crippen LogP contribution in [0.5, 0.6) is 0 Å². The van der Waals surface area contributed by atoms with Gasteiger partial charge >= 0.3 is 0 Å². The van der Waals surface area contributed by atoms with E-state index in [1.54, 1.807) is 18.2 Å². The molecule has 1 aromatic heterocycles. The fraction of sp³-hybridized carbons (Fsp3) is 0.429. The Bertz CT molecular complexity index is 846. The van der Waals surface area contributed by atoms with Crippen LogP contribution in [0.25, 0.3) is 0 Å². The standard InChI is InChI=1S/C14H15Cl2N3O5S/c1-25(20,21)23-6-11-5-22-14(24-11,7-19-9-17-8-18-19)12-3-2-10(15)4-13(12)16/h2-4,8-9,11H,5-7H2,1H3/t11?,14-/m1/s1. The van der Waals surface area contributed by atoms with Crippen LogP contribution in [0.1, 0.15) is 5.56 Å². The SMILES string of the molecule is CS(=O)(=O)OCC1CO[C@@](Cn2cncn2)(c2ccc(Cl)cc2Cl)O1. The first-order valence-electron chi connectivity index (χ1n) is 7.21. The molecule has 1 aliphatic heterocycles. The van der Waals surface area contributed by atoms with E-state index >= 15 is 0 Å². The molecule has 2 atom stereocenters. The number of hydrogen-bond acceptors (Lipinski definition) is 7. The molecule has 1 aliphatic rings. The number of hydrogen-bond donors (Lipinski definition) is 0. The predicted octanol–water partition coefficient (Wildman–Crippen LogP) is 1.83. The second kappa shape index (κ2) is 7.18. The van der Waals surface area contributed by atoms with E-state index in [0.717, 1.165) is 6.26 Å². The maximum Gasteiger partial charge on any atom is 0.264 e. The van der Waals surface area contributed by atoms with Crippen molar-refractivity contribution in [2.45, 2.75) is 18.4 Å². The first-order chi connectivity index (χ1) is 11.8. The van der Waals surface area contributed by atoms with E-state index in [2.05, 4.69) is 10.1 Å². The maximum absolute atomic E-state index is 11.2. The van der Waals surface area contributed by atoms with Crippen molar-refractivity contribution in [1.29, 1.82) is 0 Å². The average molecular weight is 408 g/mol.